The molecule has 1 fully saturated rings. The fourth-order valence-corrected chi connectivity index (χ4v) is 4.25. The van der Waals surface area contributed by atoms with Crippen molar-refractivity contribution in [1.82, 2.24) is 9.97 Å². The van der Waals surface area contributed by atoms with Gasteiger partial charge in [0, 0.05) is 31.1 Å². The summed E-state index contributed by atoms with van der Waals surface area (Å²) in [6.45, 7) is 7.92. The molecular formula is C23H32N4O. The molecular weight excluding hydrogens is 348 g/mol. The monoisotopic (exact) mass is 380 g/mol. The van der Waals surface area contributed by atoms with Gasteiger partial charge in [-0.25, -0.2) is 9.97 Å². The Labute approximate surface area is 168 Å². The Morgan fingerprint density at radius 1 is 1.07 bits per heavy atom. The van der Waals surface area contributed by atoms with Crippen LogP contribution in [0.3, 0.4) is 0 Å². The summed E-state index contributed by atoms with van der Waals surface area (Å²) >= 11 is 0. The quantitative estimate of drug-likeness (QED) is 0.796. The van der Waals surface area contributed by atoms with Gasteiger partial charge in [-0.05, 0) is 42.9 Å². The first-order valence-corrected chi connectivity index (χ1v) is 10.7. The van der Waals surface area contributed by atoms with E-state index in [0.717, 1.165) is 42.5 Å². The van der Waals surface area contributed by atoms with Gasteiger partial charge in [-0.2, -0.15) is 0 Å². The van der Waals surface area contributed by atoms with Crippen LogP contribution in [0.4, 0.5) is 11.6 Å². The van der Waals surface area contributed by atoms with E-state index in [1.54, 1.807) is 0 Å². The van der Waals surface area contributed by atoms with Crippen molar-refractivity contribution >= 4 is 11.6 Å². The van der Waals surface area contributed by atoms with Gasteiger partial charge in [0.2, 0.25) is 0 Å². The molecule has 1 aromatic carbocycles. The number of rotatable bonds is 5. The molecule has 0 amide bonds. The van der Waals surface area contributed by atoms with Crippen molar-refractivity contribution in [3.8, 4) is 0 Å². The van der Waals surface area contributed by atoms with Gasteiger partial charge < -0.3 is 15.3 Å². The van der Waals surface area contributed by atoms with Crippen LogP contribution < -0.4 is 10.2 Å². The van der Waals surface area contributed by atoms with Gasteiger partial charge in [-0.3, -0.25) is 0 Å². The highest BCUT2D eigenvalue weighted by Gasteiger charge is 2.22. The first-order chi connectivity index (χ1) is 13.5. The topological polar surface area (TPSA) is 61.3 Å². The van der Waals surface area contributed by atoms with Crippen LogP contribution in [0.1, 0.15) is 81.0 Å². The highest BCUT2D eigenvalue weighted by atomic mass is 16.3. The molecule has 5 heteroatoms. The normalized spacial score (nSPS) is 18.4. The first kappa shape index (κ1) is 19.2. The van der Waals surface area contributed by atoms with E-state index in [9.17, 15) is 5.11 Å². The van der Waals surface area contributed by atoms with E-state index in [4.69, 9.17) is 9.97 Å². The number of hydrogen-bond acceptors (Lipinski definition) is 5. The predicted molar refractivity (Wildman–Crippen MR) is 114 cm³/mol. The second-order valence-electron chi connectivity index (χ2n) is 8.63. The number of nitrogens with one attached hydrogen (secondary N) is 1. The van der Waals surface area contributed by atoms with Gasteiger partial charge in [0.1, 0.15) is 17.5 Å². The van der Waals surface area contributed by atoms with E-state index in [0.29, 0.717) is 12.0 Å². The van der Waals surface area contributed by atoms with Crippen molar-refractivity contribution in [2.75, 3.05) is 16.8 Å². The zero-order valence-corrected chi connectivity index (χ0v) is 17.3. The molecule has 4 rings (SSSR count). The Hall–Kier alpha value is -2.14. The summed E-state index contributed by atoms with van der Waals surface area (Å²) in [6, 6.07) is 9.03. The summed E-state index contributed by atoms with van der Waals surface area (Å²) < 4.78 is 0. The predicted octanol–water partition coefficient (Wildman–Crippen LogP) is 4.57. The highest BCUT2D eigenvalue weighted by molar-refractivity contribution is 5.52. The van der Waals surface area contributed by atoms with Crippen LogP contribution in [0, 0.1) is 0 Å². The Morgan fingerprint density at radius 3 is 2.57 bits per heavy atom. The van der Waals surface area contributed by atoms with Crippen LogP contribution in [0.25, 0.3) is 0 Å². The minimum atomic E-state index is -0.414. The fraction of sp³-hybridized carbons (Fsp3) is 0.565. The SMILES string of the molecule is CC(C)c1nc(NC2CCCC2)cc(N2CCc3cc([C@@H](C)O)ccc3C2)n1. The summed E-state index contributed by atoms with van der Waals surface area (Å²) in [5.41, 5.74) is 3.67. The summed E-state index contributed by atoms with van der Waals surface area (Å²) in [7, 11) is 0. The smallest absolute Gasteiger partial charge is 0.135 e. The molecule has 1 atom stereocenters. The lowest BCUT2D eigenvalue weighted by molar-refractivity contribution is 0.199. The second kappa shape index (κ2) is 8.08. The number of nitrogens with zero attached hydrogens (tertiary/aromatic N) is 3. The lowest BCUT2D eigenvalue weighted by atomic mass is 9.96. The molecule has 2 heterocycles. The zero-order chi connectivity index (χ0) is 19.7. The third kappa shape index (κ3) is 4.14. The van der Waals surface area contributed by atoms with E-state index in [2.05, 4.69) is 42.3 Å². The van der Waals surface area contributed by atoms with Crippen molar-refractivity contribution in [2.24, 2.45) is 0 Å². The molecule has 150 valence electrons. The van der Waals surface area contributed by atoms with Crippen LogP contribution in [0.15, 0.2) is 24.3 Å². The average Bonchev–Trinajstić information content (AvgIpc) is 3.19. The molecule has 1 aromatic heterocycles. The van der Waals surface area contributed by atoms with Crippen LogP contribution in [-0.2, 0) is 13.0 Å². The molecule has 0 spiro atoms. The molecule has 1 aliphatic carbocycles. The first-order valence-electron chi connectivity index (χ1n) is 10.7. The van der Waals surface area contributed by atoms with Crippen molar-refractivity contribution in [3.05, 3.63) is 46.8 Å². The Balaban J connectivity index is 1.58. The lowest BCUT2D eigenvalue weighted by Gasteiger charge is -2.31. The minimum Gasteiger partial charge on any atom is -0.389 e. The number of fused-ring (bicyclic) bond motifs is 1. The molecule has 0 bridgehead atoms. The third-order valence-electron chi connectivity index (χ3n) is 6.00. The van der Waals surface area contributed by atoms with Gasteiger partial charge in [0.15, 0.2) is 0 Å². The van der Waals surface area contributed by atoms with Crippen molar-refractivity contribution in [3.63, 3.8) is 0 Å². The molecule has 2 aliphatic rings. The van der Waals surface area contributed by atoms with Crippen LogP contribution in [-0.4, -0.2) is 27.7 Å². The number of anilines is 2. The maximum Gasteiger partial charge on any atom is 0.135 e. The van der Waals surface area contributed by atoms with Crippen molar-refractivity contribution in [1.29, 1.82) is 0 Å². The zero-order valence-electron chi connectivity index (χ0n) is 17.3. The Kier molecular flexibility index (Phi) is 5.54. The average molecular weight is 381 g/mol. The van der Waals surface area contributed by atoms with Crippen molar-refractivity contribution in [2.45, 2.75) is 77.5 Å². The van der Waals surface area contributed by atoms with Gasteiger partial charge >= 0.3 is 0 Å². The number of hydrogen-bond donors (Lipinski definition) is 2. The molecule has 0 radical (unpaired) electrons. The van der Waals surface area contributed by atoms with Gasteiger partial charge in [-0.15, -0.1) is 0 Å². The van der Waals surface area contributed by atoms with Crippen molar-refractivity contribution < 1.29 is 5.11 Å². The highest BCUT2D eigenvalue weighted by Crippen LogP contribution is 2.29. The summed E-state index contributed by atoms with van der Waals surface area (Å²) in [5, 5.41) is 13.5. The Morgan fingerprint density at radius 2 is 1.86 bits per heavy atom. The number of aliphatic hydroxyl groups is 1. The molecule has 0 saturated heterocycles. The fourth-order valence-electron chi connectivity index (χ4n) is 4.25. The maximum absolute atomic E-state index is 9.85. The summed E-state index contributed by atoms with van der Waals surface area (Å²) in [5.74, 6) is 3.20. The van der Waals surface area contributed by atoms with E-state index in [-0.39, 0.29) is 0 Å². The third-order valence-corrected chi connectivity index (χ3v) is 6.00. The molecule has 28 heavy (non-hydrogen) atoms. The standard InChI is InChI=1S/C23H32N4O/c1-15(2)23-25-21(24-20-6-4-5-7-20)13-22(26-23)27-11-10-18-12-17(16(3)28)8-9-19(18)14-27/h8-9,12-13,15-16,20,28H,4-7,10-11,14H2,1-3H3,(H,24,25,26)/t16-/m1/s1. The molecule has 1 saturated carbocycles. The van der Waals surface area contributed by atoms with Gasteiger partial charge in [0.25, 0.3) is 0 Å². The van der Waals surface area contributed by atoms with Crippen LogP contribution in [0.5, 0.6) is 0 Å². The summed E-state index contributed by atoms with van der Waals surface area (Å²) in [6.07, 6.45) is 5.65. The number of aliphatic hydroxyl groups excluding tert-OH is 1. The Bertz CT molecular complexity index is 827. The van der Waals surface area contributed by atoms with Crippen LogP contribution >= 0.6 is 0 Å². The maximum atomic E-state index is 9.85. The number of aromatic nitrogens is 2. The lowest BCUT2D eigenvalue weighted by Crippen LogP contribution is -2.31. The van der Waals surface area contributed by atoms with Gasteiger partial charge in [-0.1, -0.05) is 44.9 Å². The molecule has 2 aromatic rings. The minimum absolute atomic E-state index is 0.301. The van der Waals surface area contributed by atoms with E-state index >= 15 is 0 Å². The molecule has 1 aliphatic heterocycles. The van der Waals surface area contributed by atoms with Crippen LogP contribution in [0.2, 0.25) is 0 Å². The second-order valence-corrected chi connectivity index (χ2v) is 8.63. The van der Waals surface area contributed by atoms with E-state index in [1.807, 2.05) is 13.0 Å². The largest absolute Gasteiger partial charge is 0.389 e. The molecule has 5 nitrogen and oxygen atoms in total. The molecule has 2 N–H and O–H groups in total. The van der Waals surface area contributed by atoms with E-state index < -0.39 is 6.10 Å². The van der Waals surface area contributed by atoms with Gasteiger partial charge in [0.05, 0.1) is 6.10 Å². The summed E-state index contributed by atoms with van der Waals surface area (Å²) in [4.78, 5) is 12.0. The number of benzene rings is 1. The van der Waals surface area contributed by atoms with E-state index in [1.165, 1.54) is 36.8 Å². The molecule has 0 unspecified atom stereocenters.